The maximum Gasteiger partial charge on any atom is 0.339 e. The number of nitrogens with one attached hydrogen (secondary N) is 1. The molecule has 0 spiro atoms. The van der Waals surface area contributed by atoms with E-state index in [0.29, 0.717) is 11.3 Å². The van der Waals surface area contributed by atoms with Gasteiger partial charge < -0.3 is 10.4 Å². The Balaban J connectivity index is 2.79. The van der Waals surface area contributed by atoms with Crippen LogP contribution in [-0.4, -0.2) is 42.0 Å². The summed E-state index contributed by atoms with van der Waals surface area (Å²) in [5.74, 6) is -1.16. The summed E-state index contributed by atoms with van der Waals surface area (Å²) in [5, 5.41) is 24.4. The summed E-state index contributed by atoms with van der Waals surface area (Å²) in [5.41, 5.74) is 1.10. The zero-order valence-corrected chi connectivity index (χ0v) is 11.5. The van der Waals surface area contributed by atoms with Crippen LogP contribution in [0.15, 0.2) is 0 Å². The Hall–Kier alpha value is -1.74. The normalized spacial score (nSPS) is 11.3. The van der Waals surface area contributed by atoms with E-state index >= 15 is 0 Å². The van der Waals surface area contributed by atoms with E-state index in [2.05, 4.69) is 15.5 Å². The molecule has 0 saturated carbocycles. The highest BCUT2D eigenvalue weighted by atomic mass is 32.2. The van der Waals surface area contributed by atoms with Gasteiger partial charge in [-0.2, -0.15) is 5.10 Å². The third kappa shape index (κ3) is 4.45. The SMILES string of the molecule is Cc1nnc(NCCCS(N)(=O)=O)c(C(=O)O)c1C. The Kier molecular flexibility index (Phi) is 4.78. The third-order valence-corrected chi connectivity index (χ3v) is 3.42. The summed E-state index contributed by atoms with van der Waals surface area (Å²) in [6, 6.07) is 0. The number of nitrogens with zero attached hydrogens (tertiary/aromatic N) is 2. The van der Waals surface area contributed by atoms with Gasteiger partial charge in [-0.3, -0.25) is 0 Å². The smallest absolute Gasteiger partial charge is 0.339 e. The molecular formula is C10H16N4O4S. The van der Waals surface area contributed by atoms with Crippen molar-refractivity contribution in [3.63, 3.8) is 0 Å². The molecule has 0 amide bonds. The van der Waals surface area contributed by atoms with Crippen molar-refractivity contribution in [1.29, 1.82) is 0 Å². The van der Waals surface area contributed by atoms with Crippen molar-refractivity contribution in [2.45, 2.75) is 20.3 Å². The van der Waals surface area contributed by atoms with Gasteiger partial charge >= 0.3 is 5.97 Å². The number of hydrogen-bond donors (Lipinski definition) is 3. The molecule has 0 saturated heterocycles. The van der Waals surface area contributed by atoms with Crippen molar-refractivity contribution in [1.82, 2.24) is 10.2 Å². The second-order valence-corrected chi connectivity index (χ2v) is 5.82. The Bertz CT molecular complexity index is 585. The first-order chi connectivity index (χ1) is 8.72. The summed E-state index contributed by atoms with van der Waals surface area (Å²) < 4.78 is 21.5. The lowest BCUT2D eigenvalue weighted by atomic mass is 10.1. The number of nitrogens with two attached hydrogens (primary N) is 1. The third-order valence-electron chi connectivity index (χ3n) is 2.57. The van der Waals surface area contributed by atoms with Crippen LogP contribution in [0.1, 0.15) is 28.0 Å². The van der Waals surface area contributed by atoms with Crippen LogP contribution < -0.4 is 10.5 Å². The van der Waals surface area contributed by atoms with Gasteiger partial charge in [0.2, 0.25) is 10.0 Å². The number of carboxylic acids is 1. The standard InChI is InChI=1S/C10H16N4O4S/c1-6-7(2)13-14-9(8(6)10(15)16)12-4-3-5-19(11,17)18/h3-5H2,1-2H3,(H,12,14)(H,15,16)(H2,11,17,18). The first-order valence-electron chi connectivity index (χ1n) is 5.54. The van der Waals surface area contributed by atoms with Crippen molar-refractivity contribution < 1.29 is 18.3 Å². The predicted octanol–water partition coefficient (Wildman–Crippen LogP) is -0.118. The van der Waals surface area contributed by atoms with Crippen molar-refractivity contribution in [2.24, 2.45) is 5.14 Å². The summed E-state index contributed by atoms with van der Waals surface area (Å²) in [6.45, 7) is 3.55. The number of anilines is 1. The molecule has 1 aromatic rings. The molecule has 0 unspecified atom stereocenters. The van der Waals surface area contributed by atoms with Crippen LogP contribution in [0.4, 0.5) is 5.82 Å². The van der Waals surface area contributed by atoms with E-state index in [1.807, 2.05) is 0 Å². The van der Waals surface area contributed by atoms with Gasteiger partial charge in [-0.05, 0) is 25.8 Å². The van der Waals surface area contributed by atoms with Crippen LogP contribution in [-0.2, 0) is 10.0 Å². The van der Waals surface area contributed by atoms with E-state index in [4.69, 9.17) is 10.2 Å². The number of carbonyl (C=O) groups is 1. The molecule has 0 aliphatic carbocycles. The summed E-state index contributed by atoms with van der Waals surface area (Å²) in [6.07, 6.45) is 0.256. The highest BCUT2D eigenvalue weighted by molar-refractivity contribution is 7.89. The molecule has 0 atom stereocenters. The minimum absolute atomic E-state index is 0.0445. The number of rotatable bonds is 6. The monoisotopic (exact) mass is 288 g/mol. The zero-order valence-electron chi connectivity index (χ0n) is 10.7. The number of primary sulfonamides is 1. The van der Waals surface area contributed by atoms with E-state index in [0.717, 1.165) is 0 Å². The van der Waals surface area contributed by atoms with Gasteiger partial charge in [0.1, 0.15) is 5.56 Å². The Morgan fingerprint density at radius 2 is 2.00 bits per heavy atom. The molecule has 0 fully saturated rings. The number of aryl methyl sites for hydroxylation is 1. The molecule has 4 N–H and O–H groups in total. The Morgan fingerprint density at radius 1 is 1.37 bits per heavy atom. The van der Waals surface area contributed by atoms with Gasteiger partial charge in [0.05, 0.1) is 11.4 Å². The van der Waals surface area contributed by atoms with Gasteiger partial charge in [0, 0.05) is 6.54 Å². The lowest BCUT2D eigenvalue weighted by molar-refractivity contribution is 0.0696. The lowest BCUT2D eigenvalue weighted by Gasteiger charge is -2.10. The minimum atomic E-state index is -3.51. The van der Waals surface area contributed by atoms with E-state index < -0.39 is 16.0 Å². The molecule has 0 aliphatic heterocycles. The van der Waals surface area contributed by atoms with Gasteiger partial charge in [0.15, 0.2) is 5.82 Å². The van der Waals surface area contributed by atoms with Crippen LogP contribution in [0, 0.1) is 13.8 Å². The fourth-order valence-corrected chi connectivity index (χ4v) is 2.02. The van der Waals surface area contributed by atoms with Crippen LogP contribution in [0.5, 0.6) is 0 Å². The Morgan fingerprint density at radius 3 is 2.53 bits per heavy atom. The molecule has 0 radical (unpaired) electrons. The quantitative estimate of drug-likeness (QED) is 0.621. The molecule has 0 aromatic carbocycles. The van der Waals surface area contributed by atoms with Gasteiger partial charge in [-0.15, -0.1) is 5.10 Å². The number of sulfonamides is 1. The second kappa shape index (κ2) is 5.93. The van der Waals surface area contributed by atoms with E-state index in [-0.39, 0.29) is 30.1 Å². The molecular weight excluding hydrogens is 272 g/mol. The van der Waals surface area contributed by atoms with Crippen molar-refractivity contribution in [2.75, 3.05) is 17.6 Å². The largest absolute Gasteiger partial charge is 0.478 e. The van der Waals surface area contributed by atoms with Crippen LogP contribution in [0.2, 0.25) is 0 Å². The average Bonchev–Trinajstić information content (AvgIpc) is 2.27. The van der Waals surface area contributed by atoms with E-state index in [9.17, 15) is 13.2 Å². The first-order valence-corrected chi connectivity index (χ1v) is 7.25. The molecule has 1 rings (SSSR count). The molecule has 8 nitrogen and oxygen atoms in total. The number of hydrogen-bond acceptors (Lipinski definition) is 6. The molecule has 19 heavy (non-hydrogen) atoms. The van der Waals surface area contributed by atoms with Crippen molar-refractivity contribution in [3.8, 4) is 0 Å². The number of aromatic carboxylic acids is 1. The van der Waals surface area contributed by atoms with E-state index in [1.54, 1.807) is 13.8 Å². The molecule has 1 aromatic heterocycles. The predicted molar refractivity (Wildman–Crippen MR) is 69.5 cm³/mol. The highest BCUT2D eigenvalue weighted by Gasteiger charge is 2.17. The molecule has 1 heterocycles. The van der Waals surface area contributed by atoms with Gasteiger partial charge in [-0.1, -0.05) is 0 Å². The van der Waals surface area contributed by atoms with Gasteiger partial charge in [0.25, 0.3) is 0 Å². The number of aromatic nitrogens is 2. The van der Waals surface area contributed by atoms with Crippen LogP contribution in [0.25, 0.3) is 0 Å². The maximum absolute atomic E-state index is 11.2. The summed E-state index contributed by atoms with van der Waals surface area (Å²) in [7, 11) is -3.51. The molecule has 0 aliphatic rings. The van der Waals surface area contributed by atoms with Crippen molar-refractivity contribution >= 4 is 21.8 Å². The van der Waals surface area contributed by atoms with Gasteiger partial charge in [-0.25, -0.2) is 18.4 Å². The fourth-order valence-electron chi connectivity index (χ4n) is 1.47. The van der Waals surface area contributed by atoms with E-state index in [1.165, 1.54) is 0 Å². The molecule has 9 heteroatoms. The van der Waals surface area contributed by atoms with Crippen LogP contribution in [0.3, 0.4) is 0 Å². The molecule has 106 valence electrons. The second-order valence-electron chi connectivity index (χ2n) is 4.09. The summed E-state index contributed by atoms with van der Waals surface area (Å²) in [4.78, 5) is 11.2. The highest BCUT2D eigenvalue weighted by Crippen LogP contribution is 2.18. The zero-order chi connectivity index (χ0) is 14.6. The lowest BCUT2D eigenvalue weighted by Crippen LogP contribution is -2.20. The number of carboxylic acid groups (broad SMARTS) is 1. The average molecular weight is 288 g/mol. The maximum atomic E-state index is 11.2. The minimum Gasteiger partial charge on any atom is -0.478 e. The Labute approximate surface area is 111 Å². The van der Waals surface area contributed by atoms with Crippen LogP contribution >= 0.6 is 0 Å². The fraction of sp³-hybridized carbons (Fsp3) is 0.500. The summed E-state index contributed by atoms with van der Waals surface area (Å²) >= 11 is 0. The molecule has 0 bridgehead atoms. The van der Waals surface area contributed by atoms with Crippen molar-refractivity contribution in [3.05, 3.63) is 16.8 Å². The first kappa shape index (κ1) is 15.3. The topological polar surface area (TPSA) is 135 Å².